The van der Waals surface area contributed by atoms with Gasteiger partial charge in [-0.15, -0.1) is 0 Å². The van der Waals surface area contributed by atoms with Crippen molar-refractivity contribution in [3.05, 3.63) is 53.7 Å². The maximum atomic E-state index is 12.2. The first-order valence-corrected chi connectivity index (χ1v) is 10.8. The average Bonchev–Trinajstić information content (AvgIpc) is 3.12. The third-order valence-corrected chi connectivity index (χ3v) is 5.50. The van der Waals surface area contributed by atoms with Crippen molar-refractivity contribution in [3.63, 3.8) is 0 Å². The lowest BCUT2D eigenvalue weighted by Crippen LogP contribution is -2.39. The Morgan fingerprint density at radius 1 is 1.15 bits per heavy atom. The molecule has 1 saturated heterocycles. The highest BCUT2D eigenvalue weighted by molar-refractivity contribution is 6.02. The van der Waals surface area contributed by atoms with Gasteiger partial charge >= 0.3 is 0 Å². The van der Waals surface area contributed by atoms with Gasteiger partial charge in [0, 0.05) is 24.9 Å². The molecule has 9 heteroatoms. The van der Waals surface area contributed by atoms with Crippen molar-refractivity contribution in [2.75, 3.05) is 19.8 Å². The summed E-state index contributed by atoms with van der Waals surface area (Å²) in [5.41, 5.74) is 2.57. The van der Waals surface area contributed by atoms with Gasteiger partial charge < -0.3 is 14.8 Å². The number of hydrogen-bond donors (Lipinski definition) is 2. The molecule has 1 unspecified atom stereocenters. The molecule has 1 aliphatic rings. The standard InChI is InChI=1S/C24H26N4O5/c1-15-3-5-16(6-4-15)32-12-11-25-22(30)14-33-17-7-8-18-20(13-17)28(2)27-23(18)19-9-10-21(29)26-24(19)31/h3-8,13,19H,9-12,14H2,1-2H3,(H,25,30)(H,26,29,31). The Hall–Kier alpha value is -3.88. The molecular formula is C24H26N4O5. The van der Waals surface area contributed by atoms with Crippen LogP contribution in [0.25, 0.3) is 10.9 Å². The van der Waals surface area contributed by atoms with Crippen molar-refractivity contribution in [2.45, 2.75) is 25.7 Å². The number of aromatic nitrogens is 2. The molecular weight excluding hydrogens is 424 g/mol. The van der Waals surface area contributed by atoms with Gasteiger partial charge in [0.05, 0.1) is 23.7 Å². The van der Waals surface area contributed by atoms with E-state index in [0.717, 1.165) is 22.2 Å². The first-order valence-electron chi connectivity index (χ1n) is 10.8. The highest BCUT2D eigenvalue weighted by atomic mass is 16.5. The van der Waals surface area contributed by atoms with Crippen LogP contribution in [0, 0.1) is 6.92 Å². The molecule has 2 aromatic carbocycles. The smallest absolute Gasteiger partial charge is 0.258 e. The molecule has 3 amide bonds. The van der Waals surface area contributed by atoms with E-state index in [1.54, 1.807) is 23.9 Å². The number of imide groups is 1. The number of carbonyl (C=O) groups is 3. The van der Waals surface area contributed by atoms with Gasteiger partial charge in [0.2, 0.25) is 11.8 Å². The molecule has 2 heterocycles. The zero-order chi connectivity index (χ0) is 23.4. The number of amides is 3. The molecule has 4 rings (SSSR count). The molecule has 0 bridgehead atoms. The highest BCUT2D eigenvalue weighted by Gasteiger charge is 2.31. The predicted octanol–water partition coefficient (Wildman–Crippen LogP) is 1.98. The zero-order valence-electron chi connectivity index (χ0n) is 18.6. The molecule has 0 aliphatic carbocycles. The highest BCUT2D eigenvalue weighted by Crippen LogP contribution is 2.31. The first-order chi connectivity index (χ1) is 15.9. The lowest BCUT2D eigenvalue weighted by atomic mass is 9.93. The summed E-state index contributed by atoms with van der Waals surface area (Å²) in [6.45, 7) is 2.60. The molecule has 0 saturated carbocycles. The lowest BCUT2D eigenvalue weighted by molar-refractivity contribution is -0.134. The maximum absolute atomic E-state index is 12.2. The second-order valence-electron chi connectivity index (χ2n) is 7.99. The van der Waals surface area contributed by atoms with Crippen LogP contribution in [-0.4, -0.2) is 47.3 Å². The molecule has 1 fully saturated rings. The quantitative estimate of drug-likeness (QED) is 0.401. The molecule has 33 heavy (non-hydrogen) atoms. The Morgan fingerprint density at radius 3 is 2.67 bits per heavy atom. The number of hydrogen-bond acceptors (Lipinski definition) is 6. The van der Waals surface area contributed by atoms with Gasteiger partial charge in [0.1, 0.15) is 18.1 Å². The Bertz CT molecular complexity index is 1190. The van der Waals surface area contributed by atoms with Crippen LogP contribution < -0.4 is 20.1 Å². The summed E-state index contributed by atoms with van der Waals surface area (Å²) >= 11 is 0. The predicted molar refractivity (Wildman–Crippen MR) is 121 cm³/mol. The maximum Gasteiger partial charge on any atom is 0.258 e. The number of fused-ring (bicyclic) bond motifs is 1. The monoisotopic (exact) mass is 450 g/mol. The summed E-state index contributed by atoms with van der Waals surface area (Å²) in [4.78, 5) is 35.8. The Balaban J connectivity index is 1.30. The van der Waals surface area contributed by atoms with Crippen LogP contribution in [0.4, 0.5) is 0 Å². The van der Waals surface area contributed by atoms with Gasteiger partial charge in [-0.3, -0.25) is 24.4 Å². The van der Waals surface area contributed by atoms with E-state index in [-0.39, 0.29) is 24.3 Å². The van der Waals surface area contributed by atoms with Gasteiger partial charge in [-0.05, 0) is 37.6 Å². The first kappa shape index (κ1) is 22.3. The number of rotatable bonds is 8. The number of carbonyl (C=O) groups excluding carboxylic acids is 3. The van der Waals surface area contributed by atoms with Crippen molar-refractivity contribution in [1.29, 1.82) is 0 Å². The van der Waals surface area contributed by atoms with E-state index in [1.165, 1.54) is 0 Å². The fourth-order valence-electron chi connectivity index (χ4n) is 3.76. The molecule has 0 radical (unpaired) electrons. The van der Waals surface area contributed by atoms with Gasteiger partial charge in [-0.2, -0.15) is 5.10 Å². The Morgan fingerprint density at radius 2 is 1.91 bits per heavy atom. The van der Waals surface area contributed by atoms with Crippen LogP contribution in [0.15, 0.2) is 42.5 Å². The topological polar surface area (TPSA) is 112 Å². The van der Waals surface area contributed by atoms with Crippen LogP contribution in [0.2, 0.25) is 0 Å². The van der Waals surface area contributed by atoms with Crippen LogP contribution in [0.1, 0.15) is 30.0 Å². The summed E-state index contributed by atoms with van der Waals surface area (Å²) in [6, 6.07) is 13.1. The number of benzene rings is 2. The largest absolute Gasteiger partial charge is 0.492 e. The lowest BCUT2D eigenvalue weighted by Gasteiger charge is -2.19. The number of ether oxygens (including phenoxy) is 2. The molecule has 1 aliphatic heterocycles. The fourth-order valence-corrected chi connectivity index (χ4v) is 3.76. The van der Waals surface area contributed by atoms with Crippen LogP contribution >= 0.6 is 0 Å². The van der Waals surface area contributed by atoms with Crippen LogP contribution in [-0.2, 0) is 21.4 Å². The molecule has 3 aromatic rings. The van der Waals surface area contributed by atoms with E-state index in [9.17, 15) is 14.4 Å². The minimum atomic E-state index is -0.467. The van der Waals surface area contributed by atoms with Crippen molar-refractivity contribution in [1.82, 2.24) is 20.4 Å². The molecule has 1 aromatic heterocycles. The summed E-state index contributed by atoms with van der Waals surface area (Å²) in [6.07, 6.45) is 0.726. The second kappa shape index (κ2) is 9.72. The minimum absolute atomic E-state index is 0.131. The number of aryl methyl sites for hydroxylation is 2. The Kier molecular flexibility index (Phi) is 6.58. The minimum Gasteiger partial charge on any atom is -0.492 e. The van der Waals surface area contributed by atoms with Gasteiger partial charge in [0.25, 0.3) is 5.91 Å². The van der Waals surface area contributed by atoms with Crippen molar-refractivity contribution in [2.24, 2.45) is 7.05 Å². The van der Waals surface area contributed by atoms with Crippen molar-refractivity contribution >= 4 is 28.6 Å². The molecule has 2 N–H and O–H groups in total. The van der Waals surface area contributed by atoms with E-state index < -0.39 is 5.92 Å². The van der Waals surface area contributed by atoms with E-state index in [1.807, 2.05) is 37.3 Å². The number of nitrogens with zero attached hydrogens (tertiary/aromatic N) is 2. The van der Waals surface area contributed by atoms with E-state index in [2.05, 4.69) is 15.7 Å². The average molecular weight is 450 g/mol. The summed E-state index contributed by atoms with van der Waals surface area (Å²) in [7, 11) is 1.78. The van der Waals surface area contributed by atoms with Gasteiger partial charge in [-0.1, -0.05) is 17.7 Å². The van der Waals surface area contributed by atoms with Crippen LogP contribution in [0.5, 0.6) is 11.5 Å². The van der Waals surface area contributed by atoms with E-state index in [4.69, 9.17) is 9.47 Å². The molecule has 9 nitrogen and oxygen atoms in total. The normalized spacial score (nSPS) is 15.9. The fraction of sp³-hybridized carbons (Fsp3) is 0.333. The molecule has 0 spiro atoms. The third-order valence-electron chi connectivity index (χ3n) is 5.50. The van der Waals surface area contributed by atoms with Crippen molar-refractivity contribution < 1.29 is 23.9 Å². The number of piperidine rings is 1. The van der Waals surface area contributed by atoms with Gasteiger partial charge in [0.15, 0.2) is 6.61 Å². The van der Waals surface area contributed by atoms with Crippen LogP contribution in [0.3, 0.4) is 0 Å². The summed E-state index contributed by atoms with van der Waals surface area (Å²) in [5, 5.41) is 10.5. The summed E-state index contributed by atoms with van der Waals surface area (Å²) < 4.78 is 12.9. The second-order valence-corrected chi connectivity index (χ2v) is 7.99. The Labute approximate surface area is 191 Å². The molecule has 1 atom stereocenters. The summed E-state index contributed by atoms with van der Waals surface area (Å²) in [5.74, 6) is -0.0247. The third kappa shape index (κ3) is 5.31. The molecule has 172 valence electrons. The van der Waals surface area contributed by atoms with E-state index >= 15 is 0 Å². The van der Waals surface area contributed by atoms with Gasteiger partial charge in [-0.25, -0.2) is 0 Å². The zero-order valence-corrected chi connectivity index (χ0v) is 18.6. The number of nitrogens with one attached hydrogen (secondary N) is 2. The van der Waals surface area contributed by atoms with Crippen molar-refractivity contribution in [3.8, 4) is 11.5 Å². The SMILES string of the molecule is Cc1ccc(OCCNC(=O)COc2ccc3c(C4CCC(=O)NC4=O)nn(C)c3c2)cc1. The van der Waals surface area contributed by atoms with E-state index in [0.29, 0.717) is 37.4 Å².